The fourth-order valence-electron chi connectivity index (χ4n) is 3.13. The molecular weight excluding hydrogens is 290 g/mol. The Balaban J connectivity index is 2.06. The molecule has 0 atom stereocenters. The highest BCUT2D eigenvalue weighted by atomic mass is 15.1. The highest BCUT2D eigenvalue weighted by Crippen LogP contribution is 2.34. The average molecular weight is 315 g/mol. The largest absolute Gasteiger partial charge is 0.348 e. The Morgan fingerprint density at radius 1 is 1.04 bits per heavy atom. The van der Waals surface area contributed by atoms with Gasteiger partial charge in [-0.3, -0.25) is 0 Å². The number of allylic oxidation sites excluding steroid dienone is 6. The minimum atomic E-state index is 1.10. The minimum absolute atomic E-state index is 1.10. The summed E-state index contributed by atoms with van der Waals surface area (Å²) in [4.78, 5) is 2.33. The lowest BCUT2D eigenvalue weighted by Gasteiger charge is -2.27. The quantitative estimate of drug-likeness (QED) is 0.627. The van der Waals surface area contributed by atoms with Crippen molar-refractivity contribution in [1.82, 2.24) is 0 Å². The molecule has 1 heteroatoms. The second kappa shape index (κ2) is 7.35. The van der Waals surface area contributed by atoms with E-state index in [2.05, 4.69) is 98.6 Å². The molecule has 0 saturated heterocycles. The summed E-state index contributed by atoms with van der Waals surface area (Å²) in [7, 11) is 2.18. The van der Waals surface area contributed by atoms with Gasteiger partial charge in [0.1, 0.15) is 0 Å². The zero-order valence-corrected chi connectivity index (χ0v) is 14.8. The molecule has 0 unspecified atom stereocenters. The van der Waals surface area contributed by atoms with Crippen molar-refractivity contribution in [2.45, 2.75) is 26.7 Å². The van der Waals surface area contributed by atoms with Gasteiger partial charge in [0.05, 0.1) is 0 Å². The fraction of sp³-hybridized carbons (Fsp3) is 0.217. The molecule has 0 radical (unpaired) electrons. The number of hydrogen-bond acceptors (Lipinski definition) is 1. The third-order valence-corrected chi connectivity index (χ3v) is 4.75. The van der Waals surface area contributed by atoms with Crippen LogP contribution in [-0.4, -0.2) is 7.05 Å². The molecule has 0 spiro atoms. The van der Waals surface area contributed by atoms with Crippen molar-refractivity contribution in [3.05, 3.63) is 84.1 Å². The van der Waals surface area contributed by atoms with E-state index in [1.54, 1.807) is 0 Å². The molecule has 0 aliphatic heterocycles. The Morgan fingerprint density at radius 3 is 2.50 bits per heavy atom. The van der Waals surface area contributed by atoms with Crippen LogP contribution in [-0.2, 0) is 0 Å². The lowest BCUT2D eigenvalue weighted by Crippen LogP contribution is -2.18. The van der Waals surface area contributed by atoms with Crippen molar-refractivity contribution in [2.75, 3.05) is 11.9 Å². The monoisotopic (exact) mass is 315 g/mol. The second-order valence-electron chi connectivity index (χ2n) is 6.25. The molecule has 1 nitrogen and oxygen atoms in total. The Labute approximate surface area is 145 Å². The van der Waals surface area contributed by atoms with Crippen LogP contribution in [0.2, 0.25) is 0 Å². The lowest BCUT2D eigenvalue weighted by molar-refractivity contribution is 0.895. The summed E-state index contributed by atoms with van der Waals surface area (Å²) in [5.41, 5.74) is 7.78. The van der Waals surface area contributed by atoms with Crippen molar-refractivity contribution in [1.29, 1.82) is 0 Å². The van der Waals surface area contributed by atoms with Crippen molar-refractivity contribution in [2.24, 2.45) is 0 Å². The van der Waals surface area contributed by atoms with E-state index in [1.165, 1.54) is 33.6 Å². The zero-order valence-electron chi connectivity index (χ0n) is 14.8. The first kappa shape index (κ1) is 16.3. The van der Waals surface area contributed by atoms with Gasteiger partial charge in [-0.15, -0.1) is 0 Å². The Kier molecular flexibility index (Phi) is 5.00. The maximum atomic E-state index is 2.33. The number of rotatable bonds is 4. The Hall–Kier alpha value is -2.54. The maximum absolute atomic E-state index is 2.33. The van der Waals surface area contributed by atoms with Gasteiger partial charge in [0.15, 0.2) is 0 Å². The second-order valence-corrected chi connectivity index (χ2v) is 6.25. The highest BCUT2D eigenvalue weighted by molar-refractivity contribution is 5.81. The van der Waals surface area contributed by atoms with Gasteiger partial charge < -0.3 is 4.90 Å². The van der Waals surface area contributed by atoms with Crippen LogP contribution in [0.3, 0.4) is 0 Å². The third kappa shape index (κ3) is 3.35. The van der Waals surface area contributed by atoms with E-state index < -0.39 is 0 Å². The average Bonchev–Trinajstić information content (AvgIpc) is 2.67. The van der Waals surface area contributed by atoms with Gasteiger partial charge in [-0.1, -0.05) is 54.6 Å². The molecule has 0 aromatic heterocycles. The molecule has 0 fully saturated rings. The first-order valence-electron chi connectivity index (χ1n) is 8.63. The van der Waals surface area contributed by atoms with Gasteiger partial charge in [-0.25, -0.2) is 0 Å². The van der Waals surface area contributed by atoms with Crippen LogP contribution in [0.1, 0.15) is 32.3 Å². The Morgan fingerprint density at radius 2 is 1.83 bits per heavy atom. The molecule has 0 bridgehead atoms. The predicted molar refractivity (Wildman–Crippen MR) is 106 cm³/mol. The summed E-state index contributed by atoms with van der Waals surface area (Å²) in [6.45, 7) is 4.30. The standard InChI is InChI=1S/C23H25N/c1-4-18(2)22-17-20(19-11-7-5-8-12-19)15-16-23(22)24(3)21-13-9-6-10-14-21/h4-9,11-13,15-17H,10,14H2,1-3H3/b18-4+. The number of anilines is 1. The van der Waals surface area contributed by atoms with Gasteiger partial charge in [-0.2, -0.15) is 0 Å². The van der Waals surface area contributed by atoms with Crippen LogP contribution in [0, 0.1) is 0 Å². The van der Waals surface area contributed by atoms with E-state index in [0.29, 0.717) is 0 Å². The molecule has 24 heavy (non-hydrogen) atoms. The van der Waals surface area contributed by atoms with Crippen molar-refractivity contribution >= 4 is 11.3 Å². The van der Waals surface area contributed by atoms with Crippen LogP contribution in [0.4, 0.5) is 5.69 Å². The molecule has 2 aromatic rings. The predicted octanol–water partition coefficient (Wildman–Crippen LogP) is 6.45. The molecule has 0 N–H and O–H groups in total. The van der Waals surface area contributed by atoms with Gasteiger partial charge in [0.25, 0.3) is 0 Å². The summed E-state index contributed by atoms with van der Waals surface area (Å²) >= 11 is 0. The SMILES string of the molecule is C/C=C(\C)c1cc(-c2ccccc2)ccc1N(C)C1=CC=CCC1. The van der Waals surface area contributed by atoms with E-state index in [9.17, 15) is 0 Å². The molecule has 2 aromatic carbocycles. The van der Waals surface area contributed by atoms with Crippen molar-refractivity contribution < 1.29 is 0 Å². The highest BCUT2D eigenvalue weighted by Gasteiger charge is 2.14. The normalized spacial score (nSPS) is 14.5. The van der Waals surface area contributed by atoms with Crippen LogP contribution in [0.25, 0.3) is 16.7 Å². The molecule has 0 heterocycles. The number of nitrogens with zero attached hydrogens (tertiary/aromatic N) is 1. The van der Waals surface area contributed by atoms with Gasteiger partial charge in [0.2, 0.25) is 0 Å². The lowest BCUT2D eigenvalue weighted by atomic mass is 9.97. The zero-order chi connectivity index (χ0) is 16.9. The maximum Gasteiger partial charge on any atom is 0.0482 e. The molecular formula is C23H25N. The number of benzene rings is 2. The molecule has 1 aliphatic rings. The first-order chi connectivity index (χ1) is 11.7. The molecule has 1 aliphatic carbocycles. The van der Waals surface area contributed by atoms with E-state index >= 15 is 0 Å². The molecule has 0 amide bonds. The van der Waals surface area contributed by atoms with Gasteiger partial charge in [0, 0.05) is 24.0 Å². The first-order valence-corrected chi connectivity index (χ1v) is 8.63. The summed E-state index contributed by atoms with van der Waals surface area (Å²) < 4.78 is 0. The number of hydrogen-bond donors (Lipinski definition) is 0. The Bertz CT molecular complexity index is 794. The van der Waals surface area contributed by atoms with Gasteiger partial charge in [-0.05, 0) is 61.6 Å². The van der Waals surface area contributed by atoms with Crippen LogP contribution < -0.4 is 4.90 Å². The van der Waals surface area contributed by atoms with Crippen LogP contribution in [0.5, 0.6) is 0 Å². The summed E-state index contributed by atoms with van der Waals surface area (Å²) in [6, 6.07) is 17.4. The van der Waals surface area contributed by atoms with Gasteiger partial charge >= 0.3 is 0 Å². The summed E-state index contributed by atoms with van der Waals surface area (Å²) in [6.07, 6.45) is 11.0. The smallest absolute Gasteiger partial charge is 0.0482 e. The van der Waals surface area contributed by atoms with Crippen molar-refractivity contribution in [3.63, 3.8) is 0 Å². The van der Waals surface area contributed by atoms with Crippen molar-refractivity contribution in [3.8, 4) is 11.1 Å². The molecule has 122 valence electrons. The molecule has 0 saturated carbocycles. The van der Waals surface area contributed by atoms with E-state index in [-0.39, 0.29) is 0 Å². The summed E-state index contributed by atoms with van der Waals surface area (Å²) in [5, 5.41) is 0. The fourth-order valence-corrected chi connectivity index (χ4v) is 3.13. The summed E-state index contributed by atoms with van der Waals surface area (Å²) in [5.74, 6) is 0. The van der Waals surface area contributed by atoms with E-state index in [0.717, 1.165) is 12.8 Å². The van der Waals surface area contributed by atoms with Crippen LogP contribution >= 0.6 is 0 Å². The topological polar surface area (TPSA) is 3.24 Å². The minimum Gasteiger partial charge on any atom is -0.348 e. The van der Waals surface area contributed by atoms with Crippen LogP contribution in [0.15, 0.2) is 78.5 Å². The van der Waals surface area contributed by atoms with E-state index in [1.807, 2.05) is 0 Å². The van der Waals surface area contributed by atoms with E-state index in [4.69, 9.17) is 0 Å². The third-order valence-electron chi connectivity index (χ3n) is 4.75. The molecule has 3 rings (SSSR count).